The number of hydrogen-bond acceptors (Lipinski definition) is 8. The van der Waals surface area contributed by atoms with Gasteiger partial charge in [-0.05, 0) is 24.6 Å². The maximum absolute atomic E-state index is 13.7. The van der Waals surface area contributed by atoms with Crippen molar-refractivity contribution in [1.29, 1.82) is 0 Å². The van der Waals surface area contributed by atoms with Crippen molar-refractivity contribution in [1.82, 2.24) is 15.3 Å². The van der Waals surface area contributed by atoms with E-state index in [1.165, 1.54) is 0 Å². The molecule has 0 aliphatic carbocycles. The summed E-state index contributed by atoms with van der Waals surface area (Å²) in [4.78, 5) is 61.0. The van der Waals surface area contributed by atoms with E-state index < -0.39 is 35.1 Å². The van der Waals surface area contributed by atoms with Crippen molar-refractivity contribution in [2.75, 3.05) is 13.7 Å². The Balaban J connectivity index is 1.20. The zero-order valence-corrected chi connectivity index (χ0v) is 21.8. The molecule has 1 N–H and O–H groups in total. The maximum atomic E-state index is 13.7. The summed E-state index contributed by atoms with van der Waals surface area (Å²) in [6.45, 7) is 1.38. The van der Waals surface area contributed by atoms with Gasteiger partial charge in [-0.1, -0.05) is 67.6 Å². The summed E-state index contributed by atoms with van der Waals surface area (Å²) >= 11 is 0. The van der Waals surface area contributed by atoms with Gasteiger partial charge in [-0.3, -0.25) is 29.4 Å². The standard InChI is InChI=1S/C29H31N3O7/c1-3-29(18-12-8-5-9-13-18)26(34)30-28(36)32(27(29)35)37-16-20(17-10-6-4-7-11-17)25(33)38-19-14-21-23-24(39-23)22(15-19)31(21)2/h4-13,19-24H,3,14-16H2,1-2H3,(H,30,34,36)/t19-,20-,21-,22+,23-,24+,29-/m1/s1. The highest BCUT2D eigenvalue weighted by molar-refractivity contribution is 6.22. The van der Waals surface area contributed by atoms with Gasteiger partial charge < -0.3 is 9.47 Å². The number of piperidine rings is 1. The molecule has 0 radical (unpaired) electrons. The molecule has 2 aromatic rings. The number of morpholine rings is 1. The number of amides is 4. The van der Waals surface area contributed by atoms with Gasteiger partial charge in [-0.25, -0.2) is 4.79 Å². The molecular weight excluding hydrogens is 502 g/mol. The lowest BCUT2D eigenvalue weighted by Gasteiger charge is -2.39. The summed E-state index contributed by atoms with van der Waals surface area (Å²) in [5.74, 6) is -2.88. The monoisotopic (exact) mass is 533 g/mol. The van der Waals surface area contributed by atoms with E-state index in [-0.39, 0.29) is 43.4 Å². The molecule has 6 rings (SSSR count). The van der Waals surface area contributed by atoms with E-state index in [9.17, 15) is 19.2 Å². The highest BCUT2D eigenvalue weighted by Gasteiger charge is 2.63. The van der Waals surface area contributed by atoms with Crippen molar-refractivity contribution in [2.45, 2.75) is 67.9 Å². The molecule has 7 atom stereocenters. The van der Waals surface area contributed by atoms with E-state index in [0.717, 1.165) is 0 Å². The van der Waals surface area contributed by atoms with Crippen LogP contribution in [-0.2, 0) is 34.1 Å². The number of fused-ring (bicyclic) bond motifs is 5. The number of barbiturate groups is 1. The van der Waals surface area contributed by atoms with Crippen LogP contribution in [0.1, 0.15) is 43.2 Å². The SMILES string of the molecule is CC[C@@]1(c2ccccc2)C(=O)NC(=O)N(OC[C@@H](C(=O)O[C@@H]2C[C@@H]3[C@H]4O[C@H]4[C@H](C2)N3C)c2ccccc2)C1=O. The Bertz CT molecular complexity index is 1270. The Kier molecular flexibility index (Phi) is 6.49. The number of carbonyl (C=O) groups excluding carboxylic acids is 4. The summed E-state index contributed by atoms with van der Waals surface area (Å²) in [7, 11) is 2.08. The molecule has 2 aromatic carbocycles. The van der Waals surface area contributed by atoms with Crippen LogP contribution in [0.2, 0.25) is 0 Å². The number of esters is 1. The normalized spacial score (nSPS) is 32.4. The number of hydrogen-bond donors (Lipinski definition) is 1. The van der Waals surface area contributed by atoms with Gasteiger partial charge >= 0.3 is 12.0 Å². The molecule has 39 heavy (non-hydrogen) atoms. The number of epoxide rings is 1. The third-order valence-corrected chi connectivity index (χ3v) is 8.65. The highest BCUT2D eigenvalue weighted by atomic mass is 16.7. The second kappa shape index (κ2) is 9.86. The van der Waals surface area contributed by atoms with Crippen LogP contribution in [0.25, 0.3) is 0 Å². The number of urea groups is 1. The molecule has 2 bridgehead atoms. The first-order chi connectivity index (χ1) is 18.8. The predicted molar refractivity (Wildman–Crippen MR) is 137 cm³/mol. The topological polar surface area (TPSA) is 118 Å². The summed E-state index contributed by atoms with van der Waals surface area (Å²) in [5, 5.41) is 2.83. The number of ether oxygens (including phenoxy) is 2. The second-order valence-corrected chi connectivity index (χ2v) is 10.6. The van der Waals surface area contributed by atoms with Gasteiger partial charge in [0.05, 0.1) is 6.61 Å². The largest absolute Gasteiger partial charge is 0.462 e. The smallest absolute Gasteiger partial charge is 0.355 e. The number of imide groups is 2. The minimum Gasteiger partial charge on any atom is -0.462 e. The van der Waals surface area contributed by atoms with E-state index in [0.29, 0.717) is 29.0 Å². The van der Waals surface area contributed by atoms with Crippen LogP contribution in [0.3, 0.4) is 0 Å². The van der Waals surface area contributed by atoms with Gasteiger partial charge in [0.1, 0.15) is 24.2 Å². The van der Waals surface area contributed by atoms with Gasteiger partial charge in [0, 0.05) is 24.9 Å². The number of nitrogens with zero attached hydrogens (tertiary/aromatic N) is 2. The Morgan fingerprint density at radius 3 is 2.26 bits per heavy atom. The van der Waals surface area contributed by atoms with Crippen LogP contribution in [-0.4, -0.2) is 77.8 Å². The molecule has 10 nitrogen and oxygen atoms in total. The minimum absolute atomic E-state index is 0.114. The number of carbonyl (C=O) groups is 4. The molecule has 4 aliphatic heterocycles. The van der Waals surface area contributed by atoms with Crippen molar-refractivity contribution in [3.8, 4) is 0 Å². The summed E-state index contributed by atoms with van der Waals surface area (Å²) in [6.07, 6.45) is 1.66. The Labute approximate surface area is 226 Å². The van der Waals surface area contributed by atoms with E-state index in [1.807, 2.05) is 6.07 Å². The van der Waals surface area contributed by atoms with Crippen molar-refractivity contribution in [3.05, 3.63) is 71.8 Å². The van der Waals surface area contributed by atoms with Gasteiger partial charge in [0.25, 0.3) is 5.91 Å². The van der Waals surface area contributed by atoms with Gasteiger partial charge in [0.15, 0.2) is 5.41 Å². The van der Waals surface area contributed by atoms with Gasteiger partial charge in [-0.15, -0.1) is 5.06 Å². The van der Waals surface area contributed by atoms with Crippen molar-refractivity contribution in [2.24, 2.45) is 0 Å². The van der Waals surface area contributed by atoms with Crippen LogP contribution >= 0.6 is 0 Å². The lowest BCUT2D eigenvalue weighted by Crippen LogP contribution is -2.65. The first kappa shape index (κ1) is 25.7. The molecule has 4 heterocycles. The summed E-state index contributed by atoms with van der Waals surface area (Å²) in [6, 6.07) is 17.0. The zero-order chi connectivity index (χ0) is 27.3. The quantitative estimate of drug-likeness (QED) is 0.312. The molecule has 10 heteroatoms. The highest BCUT2D eigenvalue weighted by Crippen LogP contribution is 2.48. The third kappa shape index (κ3) is 4.23. The summed E-state index contributed by atoms with van der Waals surface area (Å²) in [5.41, 5.74) is -0.543. The molecule has 4 aliphatic rings. The lowest BCUT2D eigenvalue weighted by atomic mass is 9.75. The molecular formula is C29H31N3O7. The molecule has 0 aromatic heterocycles. The number of rotatable bonds is 8. The molecule has 4 saturated heterocycles. The molecule has 0 spiro atoms. The molecule has 0 saturated carbocycles. The molecule has 4 amide bonds. The maximum Gasteiger partial charge on any atom is 0.355 e. The Morgan fingerprint density at radius 2 is 1.64 bits per heavy atom. The fourth-order valence-electron chi connectivity index (χ4n) is 6.41. The number of benzene rings is 2. The van der Waals surface area contributed by atoms with Crippen molar-refractivity contribution >= 4 is 23.8 Å². The van der Waals surface area contributed by atoms with Crippen LogP contribution in [0.15, 0.2) is 60.7 Å². The Hall–Kier alpha value is -3.60. The summed E-state index contributed by atoms with van der Waals surface area (Å²) < 4.78 is 11.7. The molecule has 204 valence electrons. The Morgan fingerprint density at radius 1 is 1.03 bits per heavy atom. The van der Waals surface area contributed by atoms with Crippen LogP contribution in [0.5, 0.6) is 0 Å². The van der Waals surface area contributed by atoms with E-state index in [2.05, 4.69) is 17.3 Å². The molecule has 4 fully saturated rings. The second-order valence-electron chi connectivity index (χ2n) is 10.6. The fourth-order valence-corrected chi connectivity index (χ4v) is 6.41. The van der Waals surface area contributed by atoms with Crippen LogP contribution < -0.4 is 5.32 Å². The average molecular weight is 534 g/mol. The number of likely N-dealkylation sites (N-methyl/N-ethyl adjacent to an activating group) is 1. The fraction of sp³-hybridized carbons (Fsp3) is 0.448. The number of nitrogens with one attached hydrogen (secondary N) is 1. The minimum atomic E-state index is -1.63. The van der Waals surface area contributed by atoms with E-state index in [1.54, 1.807) is 61.5 Å². The average Bonchev–Trinajstić information content (AvgIpc) is 3.70. The first-order valence-electron chi connectivity index (χ1n) is 13.4. The molecule has 0 unspecified atom stereocenters. The first-order valence-corrected chi connectivity index (χ1v) is 13.4. The third-order valence-electron chi connectivity index (χ3n) is 8.65. The van der Waals surface area contributed by atoms with Crippen LogP contribution in [0.4, 0.5) is 4.79 Å². The predicted octanol–water partition coefficient (Wildman–Crippen LogP) is 2.28. The lowest BCUT2D eigenvalue weighted by molar-refractivity contribution is -0.187. The van der Waals surface area contributed by atoms with E-state index >= 15 is 0 Å². The van der Waals surface area contributed by atoms with Crippen LogP contribution in [0, 0.1) is 0 Å². The van der Waals surface area contributed by atoms with Gasteiger partial charge in [-0.2, -0.15) is 0 Å². The van der Waals surface area contributed by atoms with Gasteiger partial charge in [0.2, 0.25) is 5.91 Å². The van der Waals surface area contributed by atoms with E-state index in [4.69, 9.17) is 14.3 Å². The van der Waals surface area contributed by atoms with Crippen molar-refractivity contribution < 1.29 is 33.5 Å². The zero-order valence-electron chi connectivity index (χ0n) is 21.8. The number of hydroxylamine groups is 2. The van der Waals surface area contributed by atoms with Crippen molar-refractivity contribution in [3.63, 3.8) is 0 Å².